The molecule has 0 heterocycles. The third kappa shape index (κ3) is 4.75. The van der Waals surface area contributed by atoms with Crippen LogP contribution in [0, 0.1) is 0 Å². The van der Waals surface area contributed by atoms with E-state index in [0.717, 1.165) is 17.9 Å². The number of ether oxygens (including phenoxy) is 1. The van der Waals surface area contributed by atoms with E-state index in [0.29, 0.717) is 0 Å². The zero-order valence-corrected chi connectivity index (χ0v) is 11.3. The van der Waals surface area contributed by atoms with Gasteiger partial charge in [-0.2, -0.15) is 0 Å². The van der Waals surface area contributed by atoms with Crippen LogP contribution in [0.25, 0.3) is 0 Å². The van der Waals surface area contributed by atoms with E-state index in [1.807, 2.05) is 31.2 Å². The summed E-state index contributed by atoms with van der Waals surface area (Å²) in [4.78, 5) is 0. The predicted molar refractivity (Wildman–Crippen MR) is 69.1 cm³/mol. The fourth-order valence-electron chi connectivity index (χ4n) is 1.66. The van der Waals surface area contributed by atoms with Crippen LogP contribution >= 0.6 is 0 Å². The second-order valence-corrected chi connectivity index (χ2v) is 6.16. The maximum Gasteiger partial charge on any atom is 0.149 e. The molecule has 0 saturated carbocycles. The minimum Gasteiger partial charge on any atom is -0.497 e. The highest BCUT2D eigenvalue weighted by Crippen LogP contribution is 2.18. The fraction of sp³-hybridized carbons (Fsp3) is 0.500. The van der Waals surface area contributed by atoms with Gasteiger partial charge in [0, 0.05) is 12.3 Å². The third-order valence-electron chi connectivity index (χ3n) is 2.44. The monoisotopic (exact) mass is 257 g/mol. The van der Waals surface area contributed by atoms with E-state index in [1.165, 1.54) is 6.26 Å². The van der Waals surface area contributed by atoms with Crippen molar-refractivity contribution < 1.29 is 13.2 Å². The average Bonchev–Trinajstić information content (AvgIpc) is 2.27. The molecule has 0 aliphatic carbocycles. The molecule has 1 rings (SSSR count). The van der Waals surface area contributed by atoms with E-state index in [-0.39, 0.29) is 11.8 Å². The molecule has 4 nitrogen and oxygen atoms in total. The van der Waals surface area contributed by atoms with Crippen molar-refractivity contribution in [2.45, 2.75) is 13.0 Å². The Balaban J connectivity index is 2.89. The summed E-state index contributed by atoms with van der Waals surface area (Å²) in [6.07, 6.45) is 1.25. The van der Waals surface area contributed by atoms with E-state index in [9.17, 15) is 8.42 Å². The van der Waals surface area contributed by atoms with Gasteiger partial charge in [0.2, 0.25) is 0 Å². The minimum absolute atomic E-state index is 0.104. The predicted octanol–water partition coefficient (Wildman–Crippen LogP) is 1.39. The maximum absolute atomic E-state index is 11.3. The summed E-state index contributed by atoms with van der Waals surface area (Å²) in [5, 5.41) is 3.17. The first-order valence-corrected chi connectivity index (χ1v) is 7.57. The summed E-state index contributed by atoms with van der Waals surface area (Å²) >= 11 is 0. The molecule has 0 radical (unpaired) electrons. The highest BCUT2D eigenvalue weighted by molar-refractivity contribution is 7.90. The van der Waals surface area contributed by atoms with Gasteiger partial charge >= 0.3 is 0 Å². The van der Waals surface area contributed by atoms with E-state index in [4.69, 9.17) is 4.74 Å². The second-order valence-electron chi connectivity index (χ2n) is 3.98. The smallest absolute Gasteiger partial charge is 0.149 e. The lowest BCUT2D eigenvalue weighted by atomic mass is 10.1. The number of benzene rings is 1. The third-order valence-corrected chi connectivity index (χ3v) is 3.38. The molecule has 96 valence electrons. The molecule has 0 spiro atoms. The molecular formula is C12H19NO3S. The first kappa shape index (κ1) is 14.0. The average molecular weight is 257 g/mol. The van der Waals surface area contributed by atoms with Crippen LogP contribution in [0.3, 0.4) is 0 Å². The molecule has 0 aliphatic rings. The molecule has 0 aliphatic heterocycles. The summed E-state index contributed by atoms with van der Waals surface area (Å²) in [5.41, 5.74) is 0.957. The lowest BCUT2D eigenvalue weighted by molar-refractivity contribution is 0.414. The van der Waals surface area contributed by atoms with Crippen LogP contribution in [0.4, 0.5) is 0 Å². The first-order chi connectivity index (χ1) is 7.96. The molecule has 17 heavy (non-hydrogen) atoms. The van der Waals surface area contributed by atoms with Crippen molar-refractivity contribution in [1.29, 1.82) is 0 Å². The van der Waals surface area contributed by atoms with Gasteiger partial charge in [0.05, 0.1) is 12.9 Å². The summed E-state index contributed by atoms with van der Waals surface area (Å²) in [6.45, 7) is 2.69. The van der Waals surface area contributed by atoms with Crippen LogP contribution in [0.15, 0.2) is 24.3 Å². The van der Waals surface area contributed by atoms with Crippen molar-refractivity contribution in [3.05, 3.63) is 29.8 Å². The van der Waals surface area contributed by atoms with Crippen molar-refractivity contribution >= 4 is 9.84 Å². The molecular weight excluding hydrogens is 238 g/mol. The quantitative estimate of drug-likeness (QED) is 0.836. The van der Waals surface area contributed by atoms with Crippen molar-refractivity contribution in [3.8, 4) is 5.75 Å². The van der Waals surface area contributed by atoms with Gasteiger partial charge in [-0.1, -0.05) is 19.1 Å². The number of methoxy groups -OCH3 is 1. The van der Waals surface area contributed by atoms with Crippen LogP contribution in [0.1, 0.15) is 18.5 Å². The highest BCUT2D eigenvalue weighted by Gasteiger charge is 2.16. The second kappa shape index (κ2) is 6.02. The Morgan fingerprint density at radius 2 is 1.88 bits per heavy atom. The number of hydrogen-bond acceptors (Lipinski definition) is 4. The van der Waals surface area contributed by atoms with Gasteiger partial charge < -0.3 is 10.1 Å². The van der Waals surface area contributed by atoms with Gasteiger partial charge in [0.15, 0.2) is 0 Å². The van der Waals surface area contributed by atoms with Gasteiger partial charge in [-0.15, -0.1) is 0 Å². The Bertz CT molecular complexity index is 439. The van der Waals surface area contributed by atoms with Crippen molar-refractivity contribution in [2.24, 2.45) is 0 Å². The SMILES string of the molecule is CCNC(CS(C)(=O)=O)c1ccc(OC)cc1. The fourth-order valence-corrected chi connectivity index (χ4v) is 2.57. The Labute approximate surface area is 103 Å². The van der Waals surface area contributed by atoms with Gasteiger partial charge in [-0.3, -0.25) is 0 Å². The number of rotatable bonds is 6. The topological polar surface area (TPSA) is 55.4 Å². The number of nitrogens with one attached hydrogen (secondary N) is 1. The molecule has 1 N–H and O–H groups in total. The van der Waals surface area contributed by atoms with E-state index < -0.39 is 9.84 Å². The molecule has 0 amide bonds. The molecule has 1 unspecified atom stereocenters. The van der Waals surface area contributed by atoms with Gasteiger partial charge in [-0.05, 0) is 24.2 Å². The van der Waals surface area contributed by atoms with Gasteiger partial charge in [0.25, 0.3) is 0 Å². The molecule has 0 saturated heterocycles. The van der Waals surface area contributed by atoms with Crippen LogP contribution in [-0.2, 0) is 9.84 Å². The Morgan fingerprint density at radius 1 is 1.29 bits per heavy atom. The van der Waals surface area contributed by atoms with Crippen molar-refractivity contribution in [3.63, 3.8) is 0 Å². The standard InChI is InChI=1S/C12H19NO3S/c1-4-13-12(9-17(3,14)15)10-5-7-11(16-2)8-6-10/h5-8,12-13H,4,9H2,1-3H3. The van der Waals surface area contributed by atoms with Crippen LogP contribution in [-0.4, -0.2) is 34.1 Å². The van der Waals surface area contributed by atoms with E-state index in [1.54, 1.807) is 7.11 Å². The molecule has 1 atom stereocenters. The lowest BCUT2D eigenvalue weighted by Crippen LogP contribution is -2.27. The van der Waals surface area contributed by atoms with E-state index in [2.05, 4.69) is 5.32 Å². The van der Waals surface area contributed by atoms with Crippen LogP contribution in [0.5, 0.6) is 5.75 Å². The summed E-state index contributed by atoms with van der Waals surface area (Å²) in [5.74, 6) is 0.871. The zero-order chi connectivity index (χ0) is 12.9. The molecule has 5 heteroatoms. The Kier molecular flexibility index (Phi) is 4.96. The largest absolute Gasteiger partial charge is 0.497 e. The summed E-state index contributed by atoms with van der Waals surface area (Å²) in [6, 6.07) is 7.28. The molecule has 0 fully saturated rings. The van der Waals surface area contributed by atoms with Crippen LogP contribution in [0.2, 0.25) is 0 Å². The Hall–Kier alpha value is -1.07. The molecule has 1 aromatic rings. The van der Waals surface area contributed by atoms with Crippen molar-refractivity contribution in [1.82, 2.24) is 5.32 Å². The normalized spacial score (nSPS) is 13.4. The maximum atomic E-state index is 11.3. The highest BCUT2D eigenvalue weighted by atomic mass is 32.2. The van der Waals surface area contributed by atoms with Gasteiger partial charge in [-0.25, -0.2) is 8.42 Å². The minimum atomic E-state index is -3.00. The molecule has 0 aromatic heterocycles. The summed E-state index contributed by atoms with van der Waals surface area (Å²) in [7, 11) is -1.40. The molecule has 1 aromatic carbocycles. The van der Waals surface area contributed by atoms with Crippen LogP contribution < -0.4 is 10.1 Å². The van der Waals surface area contributed by atoms with Gasteiger partial charge in [0.1, 0.15) is 15.6 Å². The Morgan fingerprint density at radius 3 is 2.29 bits per heavy atom. The van der Waals surface area contributed by atoms with E-state index >= 15 is 0 Å². The molecule has 0 bridgehead atoms. The lowest BCUT2D eigenvalue weighted by Gasteiger charge is -2.17. The number of sulfone groups is 1. The first-order valence-electron chi connectivity index (χ1n) is 5.51. The van der Waals surface area contributed by atoms with Crippen molar-refractivity contribution in [2.75, 3.05) is 25.7 Å². The number of hydrogen-bond donors (Lipinski definition) is 1. The summed E-state index contributed by atoms with van der Waals surface area (Å²) < 4.78 is 27.8. The zero-order valence-electron chi connectivity index (χ0n) is 10.4.